The number of amides is 1. The fraction of sp³-hybridized carbons (Fsp3) is 0.462. The van der Waals surface area contributed by atoms with E-state index in [0.29, 0.717) is 23.6 Å². The molecule has 0 aromatic heterocycles. The Morgan fingerprint density at radius 3 is 2.56 bits per heavy atom. The molecule has 0 spiro atoms. The van der Waals surface area contributed by atoms with Gasteiger partial charge in [0, 0.05) is 24.5 Å². The first kappa shape index (κ1) is 14.8. The molecule has 0 radical (unpaired) electrons. The minimum Gasteiger partial charge on any atom is -0.497 e. The van der Waals surface area contributed by atoms with Crippen molar-refractivity contribution in [1.82, 2.24) is 4.90 Å². The Balaban J connectivity index is 2.98. The van der Waals surface area contributed by atoms with Gasteiger partial charge in [-0.1, -0.05) is 22.9 Å². The van der Waals surface area contributed by atoms with Gasteiger partial charge in [0.05, 0.1) is 19.8 Å². The molecule has 1 unspecified atom stereocenters. The van der Waals surface area contributed by atoms with Crippen LogP contribution in [-0.4, -0.2) is 43.4 Å². The van der Waals surface area contributed by atoms with Crippen LogP contribution in [0.1, 0.15) is 17.3 Å². The third kappa shape index (κ3) is 3.63. The minimum absolute atomic E-state index is 0.0687. The van der Waals surface area contributed by atoms with Crippen LogP contribution in [0.4, 0.5) is 0 Å². The molecular weight excluding hydrogens is 298 g/mol. The lowest BCUT2D eigenvalue weighted by Gasteiger charge is -2.20. The van der Waals surface area contributed by atoms with Crippen LogP contribution in [0, 0.1) is 0 Å². The van der Waals surface area contributed by atoms with Crippen molar-refractivity contribution in [3.05, 3.63) is 23.8 Å². The summed E-state index contributed by atoms with van der Waals surface area (Å²) in [5.74, 6) is 1.12. The van der Waals surface area contributed by atoms with Gasteiger partial charge >= 0.3 is 0 Å². The van der Waals surface area contributed by atoms with E-state index < -0.39 is 0 Å². The Bertz CT molecular complexity index is 421. The van der Waals surface area contributed by atoms with Crippen LogP contribution in [-0.2, 0) is 0 Å². The standard InChI is InChI=1S/C13H18BrNO3/c1-9(14)8-15(2)13(16)11-6-5-10(17-3)7-12(11)18-4/h5-7,9H,8H2,1-4H3. The number of halogens is 1. The molecular formula is C13H18BrNO3. The van der Waals surface area contributed by atoms with Gasteiger partial charge in [0.2, 0.25) is 0 Å². The van der Waals surface area contributed by atoms with Gasteiger partial charge in [-0.25, -0.2) is 0 Å². The molecule has 0 aliphatic heterocycles. The quantitative estimate of drug-likeness (QED) is 0.784. The Morgan fingerprint density at radius 1 is 1.39 bits per heavy atom. The predicted octanol–water partition coefficient (Wildman–Crippen LogP) is 2.56. The highest BCUT2D eigenvalue weighted by Crippen LogP contribution is 2.25. The number of benzene rings is 1. The zero-order chi connectivity index (χ0) is 13.7. The summed E-state index contributed by atoms with van der Waals surface area (Å²) in [7, 11) is 4.89. The minimum atomic E-state index is -0.0687. The van der Waals surface area contributed by atoms with Crippen molar-refractivity contribution in [3.63, 3.8) is 0 Å². The number of nitrogens with zero attached hydrogens (tertiary/aromatic N) is 1. The van der Waals surface area contributed by atoms with Crippen LogP contribution in [0.2, 0.25) is 0 Å². The van der Waals surface area contributed by atoms with E-state index >= 15 is 0 Å². The van der Waals surface area contributed by atoms with Crippen LogP contribution in [0.15, 0.2) is 18.2 Å². The number of carbonyl (C=O) groups excluding carboxylic acids is 1. The summed E-state index contributed by atoms with van der Waals surface area (Å²) in [6.45, 7) is 2.63. The zero-order valence-electron chi connectivity index (χ0n) is 11.1. The molecule has 0 aliphatic rings. The first-order valence-electron chi connectivity index (χ1n) is 5.61. The highest BCUT2D eigenvalue weighted by molar-refractivity contribution is 9.09. The van der Waals surface area contributed by atoms with Crippen molar-refractivity contribution >= 4 is 21.8 Å². The predicted molar refractivity (Wildman–Crippen MR) is 74.9 cm³/mol. The second-order valence-electron chi connectivity index (χ2n) is 4.03. The molecule has 0 fully saturated rings. The van der Waals surface area contributed by atoms with Crippen molar-refractivity contribution in [1.29, 1.82) is 0 Å². The number of rotatable bonds is 5. The lowest BCUT2D eigenvalue weighted by Crippen LogP contribution is -2.31. The van der Waals surface area contributed by atoms with Gasteiger partial charge in [-0.05, 0) is 12.1 Å². The summed E-state index contributed by atoms with van der Waals surface area (Å²) in [4.78, 5) is 14.1. The third-order valence-electron chi connectivity index (χ3n) is 2.51. The number of methoxy groups -OCH3 is 2. The SMILES string of the molecule is COc1ccc(C(=O)N(C)CC(C)Br)c(OC)c1. The molecule has 1 rings (SSSR count). The normalized spacial score (nSPS) is 11.8. The van der Waals surface area contributed by atoms with Crippen LogP contribution in [0.25, 0.3) is 0 Å². The maximum absolute atomic E-state index is 12.2. The first-order valence-corrected chi connectivity index (χ1v) is 6.52. The molecule has 4 nitrogen and oxygen atoms in total. The Morgan fingerprint density at radius 2 is 2.06 bits per heavy atom. The van der Waals surface area contributed by atoms with Gasteiger partial charge in [-0.3, -0.25) is 4.79 Å². The van der Waals surface area contributed by atoms with Crippen LogP contribution in [0.5, 0.6) is 11.5 Å². The fourth-order valence-electron chi connectivity index (χ4n) is 1.64. The molecule has 100 valence electrons. The molecule has 0 saturated carbocycles. The van der Waals surface area contributed by atoms with E-state index in [9.17, 15) is 4.79 Å². The molecule has 5 heteroatoms. The van der Waals surface area contributed by atoms with Gasteiger partial charge in [0.25, 0.3) is 5.91 Å². The van der Waals surface area contributed by atoms with E-state index in [0.717, 1.165) is 0 Å². The highest BCUT2D eigenvalue weighted by atomic mass is 79.9. The summed E-state index contributed by atoms with van der Waals surface area (Å²) in [5.41, 5.74) is 0.536. The highest BCUT2D eigenvalue weighted by Gasteiger charge is 2.18. The topological polar surface area (TPSA) is 38.8 Å². The monoisotopic (exact) mass is 315 g/mol. The maximum atomic E-state index is 12.2. The van der Waals surface area contributed by atoms with E-state index in [1.807, 2.05) is 6.92 Å². The lowest BCUT2D eigenvalue weighted by molar-refractivity contribution is 0.0794. The summed E-state index contributed by atoms with van der Waals surface area (Å²) in [5, 5.41) is 0. The average Bonchev–Trinajstić information content (AvgIpc) is 2.36. The van der Waals surface area contributed by atoms with Crippen LogP contribution < -0.4 is 9.47 Å². The summed E-state index contributed by atoms with van der Waals surface area (Å²) in [6.07, 6.45) is 0. The van der Waals surface area contributed by atoms with Crippen molar-refractivity contribution in [3.8, 4) is 11.5 Å². The maximum Gasteiger partial charge on any atom is 0.257 e. The largest absolute Gasteiger partial charge is 0.497 e. The molecule has 0 aliphatic carbocycles. The van der Waals surface area contributed by atoms with E-state index in [4.69, 9.17) is 9.47 Å². The van der Waals surface area contributed by atoms with Gasteiger partial charge in [-0.15, -0.1) is 0 Å². The summed E-state index contributed by atoms with van der Waals surface area (Å²) in [6, 6.07) is 5.18. The number of hydrogen-bond donors (Lipinski definition) is 0. The Kier molecular flexibility index (Phi) is 5.47. The zero-order valence-corrected chi connectivity index (χ0v) is 12.7. The van der Waals surface area contributed by atoms with E-state index in [-0.39, 0.29) is 10.7 Å². The number of alkyl halides is 1. The lowest BCUT2D eigenvalue weighted by atomic mass is 10.1. The number of hydrogen-bond acceptors (Lipinski definition) is 3. The molecule has 0 N–H and O–H groups in total. The molecule has 18 heavy (non-hydrogen) atoms. The van der Waals surface area contributed by atoms with E-state index in [1.54, 1.807) is 44.4 Å². The second kappa shape index (κ2) is 6.64. The average molecular weight is 316 g/mol. The fourth-order valence-corrected chi connectivity index (χ4v) is 2.08. The van der Waals surface area contributed by atoms with Crippen molar-refractivity contribution in [2.75, 3.05) is 27.8 Å². The molecule has 0 saturated heterocycles. The smallest absolute Gasteiger partial charge is 0.257 e. The summed E-state index contributed by atoms with van der Waals surface area (Å²) >= 11 is 3.43. The van der Waals surface area contributed by atoms with Crippen molar-refractivity contribution < 1.29 is 14.3 Å². The van der Waals surface area contributed by atoms with Gasteiger partial charge < -0.3 is 14.4 Å². The van der Waals surface area contributed by atoms with Crippen molar-refractivity contribution in [2.24, 2.45) is 0 Å². The van der Waals surface area contributed by atoms with E-state index in [2.05, 4.69) is 15.9 Å². The van der Waals surface area contributed by atoms with Gasteiger partial charge in [0.1, 0.15) is 11.5 Å². The molecule has 1 amide bonds. The molecule has 1 aromatic rings. The first-order chi connectivity index (χ1) is 8.49. The Hall–Kier alpha value is -1.23. The van der Waals surface area contributed by atoms with E-state index in [1.165, 1.54) is 0 Å². The molecule has 0 bridgehead atoms. The molecule has 1 aromatic carbocycles. The number of carbonyl (C=O) groups is 1. The summed E-state index contributed by atoms with van der Waals surface area (Å²) < 4.78 is 10.3. The Labute approximate surface area is 116 Å². The van der Waals surface area contributed by atoms with Crippen LogP contribution in [0.3, 0.4) is 0 Å². The van der Waals surface area contributed by atoms with Crippen LogP contribution >= 0.6 is 15.9 Å². The molecule has 0 heterocycles. The van der Waals surface area contributed by atoms with Crippen molar-refractivity contribution in [2.45, 2.75) is 11.8 Å². The third-order valence-corrected chi connectivity index (χ3v) is 2.80. The van der Waals surface area contributed by atoms with Gasteiger partial charge in [-0.2, -0.15) is 0 Å². The molecule has 1 atom stereocenters. The van der Waals surface area contributed by atoms with Gasteiger partial charge in [0.15, 0.2) is 0 Å². The number of ether oxygens (including phenoxy) is 2. The second-order valence-corrected chi connectivity index (χ2v) is 5.60.